The van der Waals surface area contributed by atoms with Crippen LogP contribution in [0.25, 0.3) is 10.2 Å². The lowest BCUT2D eigenvalue weighted by Crippen LogP contribution is -2.49. The molecule has 6 rings (SSSR count). The molecule has 1 aliphatic carbocycles. The van der Waals surface area contributed by atoms with Gasteiger partial charge in [-0.15, -0.1) is 11.3 Å². The van der Waals surface area contributed by atoms with Gasteiger partial charge in [0.2, 0.25) is 5.91 Å². The SMILES string of the molecule is C=CC(=O)N1CCC[C@@H](NC(=O)c2sc3nccc4c3c2NC(=O)N4c2ccc(OC3CCCCC3)cc2C)C1. The Kier molecular flexibility index (Phi) is 7.18. The van der Waals surface area contributed by atoms with Gasteiger partial charge >= 0.3 is 6.03 Å². The molecule has 2 aliphatic heterocycles. The van der Waals surface area contributed by atoms with Crippen molar-refractivity contribution in [1.82, 2.24) is 15.2 Å². The van der Waals surface area contributed by atoms with Gasteiger partial charge in [0.05, 0.1) is 28.6 Å². The minimum atomic E-state index is -0.336. The van der Waals surface area contributed by atoms with Crippen LogP contribution in [0.15, 0.2) is 43.1 Å². The lowest BCUT2D eigenvalue weighted by molar-refractivity contribution is -0.127. The maximum atomic E-state index is 13.5. The van der Waals surface area contributed by atoms with E-state index < -0.39 is 0 Å². The van der Waals surface area contributed by atoms with Crippen LogP contribution >= 0.6 is 11.3 Å². The van der Waals surface area contributed by atoms with Crippen LogP contribution in [0.3, 0.4) is 0 Å². The van der Waals surface area contributed by atoms with E-state index in [0.29, 0.717) is 34.2 Å². The molecule has 208 valence electrons. The Bertz CT molecular complexity index is 1490. The third kappa shape index (κ3) is 4.92. The molecule has 1 saturated heterocycles. The van der Waals surface area contributed by atoms with Crippen LogP contribution < -0.4 is 20.3 Å². The number of aromatic nitrogens is 1. The second-order valence-corrected chi connectivity index (χ2v) is 11.7. The molecular weight excluding hydrogens is 526 g/mol. The number of aryl methyl sites for hydroxylation is 1. The second-order valence-electron chi connectivity index (χ2n) is 10.7. The Hall–Kier alpha value is -3.92. The van der Waals surface area contributed by atoms with E-state index in [1.54, 1.807) is 16.0 Å². The highest BCUT2D eigenvalue weighted by atomic mass is 32.1. The average molecular weight is 560 g/mol. The number of rotatable bonds is 6. The minimum absolute atomic E-state index is 0.138. The van der Waals surface area contributed by atoms with Crippen molar-refractivity contribution < 1.29 is 19.1 Å². The summed E-state index contributed by atoms with van der Waals surface area (Å²) in [6, 6.07) is 7.13. The summed E-state index contributed by atoms with van der Waals surface area (Å²) in [5.41, 5.74) is 2.83. The van der Waals surface area contributed by atoms with Crippen molar-refractivity contribution in [3.8, 4) is 5.75 Å². The predicted octanol–water partition coefficient (Wildman–Crippen LogP) is 5.91. The standard InChI is InChI=1S/C30H33N5O4S/c1-3-24(36)34-15-7-8-19(17-34)32-28(37)27-26-25-23(13-14-31-29(25)40-27)35(30(38)33-26)22-12-11-21(16-18(22)2)39-20-9-5-4-6-10-20/h3,11-14,16,19-20H,1,4-10,15,17H2,2H3,(H,32,37)(H,33,38)/t19-/m1/s1. The maximum Gasteiger partial charge on any atom is 0.331 e. The van der Waals surface area contributed by atoms with Crippen LogP contribution in [0.4, 0.5) is 21.9 Å². The molecule has 0 bridgehead atoms. The van der Waals surface area contributed by atoms with E-state index >= 15 is 0 Å². The highest BCUT2D eigenvalue weighted by Gasteiger charge is 2.34. The quantitative estimate of drug-likeness (QED) is 0.366. The highest BCUT2D eigenvalue weighted by molar-refractivity contribution is 7.21. The third-order valence-corrected chi connectivity index (χ3v) is 9.06. The summed E-state index contributed by atoms with van der Waals surface area (Å²) in [5, 5.41) is 6.78. The summed E-state index contributed by atoms with van der Waals surface area (Å²) >= 11 is 1.25. The molecule has 2 fully saturated rings. The van der Waals surface area contributed by atoms with Crippen molar-refractivity contribution in [3.05, 3.63) is 53.6 Å². The van der Waals surface area contributed by atoms with E-state index in [2.05, 4.69) is 22.2 Å². The van der Waals surface area contributed by atoms with Gasteiger partial charge in [0.1, 0.15) is 15.5 Å². The van der Waals surface area contributed by atoms with Gasteiger partial charge in [-0.2, -0.15) is 0 Å². The number of carbonyl (C=O) groups excluding carboxylic acids is 3. The number of ether oxygens (including phenoxy) is 1. The topological polar surface area (TPSA) is 104 Å². The third-order valence-electron chi connectivity index (χ3n) is 7.96. The van der Waals surface area contributed by atoms with E-state index in [1.165, 1.54) is 36.7 Å². The van der Waals surface area contributed by atoms with Crippen LogP contribution in [-0.4, -0.2) is 53.0 Å². The Morgan fingerprint density at radius 3 is 2.75 bits per heavy atom. The van der Waals surface area contributed by atoms with Crippen LogP contribution in [0, 0.1) is 6.92 Å². The first kappa shape index (κ1) is 26.3. The van der Waals surface area contributed by atoms with E-state index in [-0.39, 0.29) is 30.0 Å². The average Bonchev–Trinajstić information content (AvgIpc) is 3.33. The van der Waals surface area contributed by atoms with Crippen LogP contribution in [0.1, 0.15) is 60.2 Å². The Morgan fingerprint density at radius 2 is 1.98 bits per heavy atom. The van der Waals surface area contributed by atoms with E-state index in [4.69, 9.17) is 4.74 Å². The number of nitrogens with one attached hydrogen (secondary N) is 2. The van der Waals surface area contributed by atoms with Crippen molar-refractivity contribution in [1.29, 1.82) is 0 Å². The van der Waals surface area contributed by atoms with Gasteiger partial charge in [-0.25, -0.2) is 9.78 Å². The highest BCUT2D eigenvalue weighted by Crippen LogP contribution is 2.46. The molecule has 2 N–H and O–H groups in total. The molecule has 4 heterocycles. The van der Waals surface area contributed by atoms with Crippen LogP contribution in [0.5, 0.6) is 5.75 Å². The smallest absolute Gasteiger partial charge is 0.331 e. The first-order valence-electron chi connectivity index (χ1n) is 13.9. The molecule has 4 amide bonds. The van der Waals surface area contributed by atoms with Gasteiger partial charge in [0.15, 0.2) is 0 Å². The number of thiophene rings is 1. The van der Waals surface area contributed by atoms with E-state index in [0.717, 1.165) is 48.1 Å². The molecule has 0 radical (unpaired) electrons. The van der Waals surface area contributed by atoms with Gasteiger partial charge in [0.25, 0.3) is 5.91 Å². The zero-order valence-corrected chi connectivity index (χ0v) is 23.4. The van der Waals surface area contributed by atoms with Gasteiger partial charge in [-0.05, 0) is 81.4 Å². The Morgan fingerprint density at radius 1 is 1.15 bits per heavy atom. The van der Waals surface area contributed by atoms with Crippen LogP contribution in [-0.2, 0) is 4.79 Å². The number of likely N-dealkylation sites (tertiary alicyclic amines) is 1. The number of hydrogen-bond donors (Lipinski definition) is 2. The lowest BCUT2D eigenvalue weighted by Gasteiger charge is -2.32. The van der Waals surface area contributed by atoms with Gasteiger partial charge in [-0.1, -0.05) is 13.0 Å². The van der Waals surface area contributed by atoms with Gasteiger partial charge in [-0.3, -0.25) is 14.5 Å². The fourth-order valence-corrected chi connectivity index (χ4v) is 7.01. The summed E-state index contributed by atoms with van der Waals surface area (Å²) < 4.78 is 6.24. The van der Waals surface area contributed by atoms with Crippen molar-refractivity contribution in [2.45, 2.75) is 64.0 Å². The minimum Gasteiger partial charge on any atom is -0.490 e. The Labute approximate surface area is 237 Å². The van der Waals surface area contributed by atoms with Crippen LogP contribution in [0.2, 0.25) is 0 Å². The Balaban J connectivity index is 1.27. The number of hydrogen-bond acceptors (Lipinski definition) is 6. The zero-order valence-electron chi connectivity index (χ0n) is 22.6. The van der Waals surface area contributed by atoms with Crippen molar-refractivity contribution in [3.63, 3.8) is 0 Å². The fraction of sp³-hybridized carbons (Fsp3) is 0.400. The molecule has 0 unspecified atom stereocenters. The number of carbonyl (C=O) groups is 3. The first-order chi connectivity index (χ1) is 19.4. The number of urea groups is 1. The number of piperidine rings is 1. The molecule has 1 saturated carbocycles. The van der Waals surface area contributed by atoms with Crippen molar-refractivity contribution >= 4 is 56.5 Å². The molecule has 40 heavy (non-hydrogen) atoms. The molecule has 9 nitrogen and oxygen atoms in total. The van der Waals surface area contributed by atoms with Gasteiger partial charge < -0.3 is 20.3 Å². The summed E-state index contributed by atoms with van der Waals surface area (Å²) in [7, 11) is 0. The number of benzene rings is 1. The van der Waals surface area contributed by atoms with Crippen molar-refractivity contribution in [2.24, 2.45) is 0 Å². The van der Waals surface area contributed by atoms with E-state index in [9.17, 15) is 14.4 Å². The monoisotopic (exact) mass is 559 g/mol. The molecule has 0 spiro atoms. The normalized spacial score (nSPS) is 19.3. The summed E-state index contributed by atoms with van der Waals surface area (Å²) in [5.74, 6) is 0.397. The largest absolute Gasteiger partial charge is 0.490 e. The number of nitrogens with zero attached hydrogens (tertiary/aromatic N) is 3. The number of anilines is 3. The zero-order chi connectivity index (χ0) is 27.8. The maximum absolute atomic E-state index is 13.5. The number of pyridine rings is 1. The van der Waals surface area contributed by atoms with E-state index in [1.807, 2.05) is 31.2 Å². The fourth-order valence-electron chi connectivity index (χ4n) is 5.99. The molecule has 2 aromatic heterocycles. The predicted molar refractivity (Wildman–Crippen MR) is 157 cm³/mol. The number of amides is 4. The first-order valence-corrected chi connectivity index (χ1v) is 14.8. The molecule has 3 aromatic rings. The van der Waals surface area contributed by atoms with Gasteiger partial charge in [0, 0.05) is 25.3 Å². The molecule has 1 atom stereocenters. The molecule has 1 aromatic carbocycles. The summed E-state index contributed by atoms with van der Waals surface area (Å²) in [6.45, 7) is 6.62. The lowest BCUT2D eigenvalue weighted by atomic mass is 9.98. The molecule has 3 aliphatic rings. The second kappa shape index (κ2) is 10.9. The summed E-state index contributed by atoms with van der Waals surface area (Å²) in [6.07, 6.45) is 10.6. The van der Waals surface area contributed by atoms with Crippen molar-refractivity contribution in [2.75, 3.05) is 23.3 Å². The molecular formula is C30H33N5O4S. The molecule has 10 heteroatoms. The summed E-state index contributed by atoms with van der Waals surface area (Å²) in [4.78, 5) is 48.0.